The van der Waals surface area contributed by atoms with E-state index < -0.39 is 23.7 Å². The lowest BCUT2D eigenvalue weighted by Crippen LogP contribution is -2.27. The van der Waals surface area contributed by atoms with Crippen LogP contribution in [-0.4, -0.2) is 18.2 Å². The predicted octanol–water partition coefficient (Wildman–Crippen LogP) is 5.31. The molecule has 9 heteroatoms. The summed E-state index contributed by atoms with van der Waals surface area (Å²) in [6, 6.07) is 7.66. The fourth-order valence-electron chi connectivity index (χ4n) is 2.87. The first kappa shape index (κ1) is 21.4. The average molecular weight is 422 g/mol. The van der Waals surface area contributed by atoms with Crippen LogP contribution in [0.15, 0.2) is 36.4 Å². The number of aromatic nitrogens is 1. The molecule has 5 nitrogen and oxygen atoms in total. The highest BCUT2D eigenvalue weighted by Crippen LogP contribution is 2.37. The molecule has 1 aromatic heterocycles. The smallest absolute Gasteiger partial charge is 0.416 e. The van der Waals surface area contributed by atoms with Crippen LogP contribution in [0.1, 0.15) is 22.3 Å². The van der Waals surface area contributed by atoms with E-state index in [1.807, 2.05) is 0 Å². The van der Waals surface area contributed by atoms with Gasteiger partial charge < -0.3 is 14.8 Å². The van der Waals surface area contributed by atoms with E-state index in [9.17, 15) is 22.4 Å². The average Bonchev–Trinajstić information content (AvgIpc) is 2.69. The van der Waals surface area contributed by atoms with E-state index in [0.717, 1.165) is 12.1 Å². The van der Waals surface area contributed by atoms with Crippen LogP contribution in [0.3, 0.4) is 0 Å². The highest BCUT2D eigenvalue weighted by molar-refractivity contribution is 5.87. The lowest BCUT2D eigenvalue weighted by atomic mass is 10.1. The molecule has 2 aromatic carbocycles. The summed E-state index contributed by atoms with van der Waals surface area (Å²) >= 11 is 0. The molecule has 0 unspecified atom stereocenters. The van der Waals surface area contributed by atoms with E-state index in [0.29, 0.717) is 22.1 Å². The minimum Gasteiger partial charge on any atom is -0.478 e. The number of hydrogen-bond acceptors (Lipinski definition) is 4. The minimum absolute atomic E-state index is 0.0163. The fraction of sp³-hybridized carbons (Fsp3) is 0.238. The van der Waals surface area contributed by atoms with Crippen LogP contribution < -0.4 is 14.8 Å². The zero-order valence-electron chi connectivity index (χ0n) is 16.4. The zero-order valence-corrected chi connectivity index (χ0v) is 16.4. The Bertz CT molecular complexity index is 1110. The van der Waals surface area contributed by atoms with Crippen LogP contribution >= 0.6 is 0 Å². The molecule has 0 aliphatic rings. The van der Waals surface area contributed by atoms with Crippen LogP contribution in [0, 0.1) is 19.7 Å². The molecule has 0 atom stereocenters. The summed E-state index contributed by atoms with van der Waals surface area (Å²) < 4.78 is 62.9. The molecule has 0 radical (unpaired) electrons. The quantitative estimate of drug-likeness (QED) is 0.579. The van der Waals surface area contributed by atoms with E-state index in [1.165, 1.54) is 19.2 Å². The maximum Gasteiger partial charge on any atom is 0.416 e. The maximum absolute atomic E-state index is 13.6. The van der Waals surface area contributed by atoms with E-state index in [4.69, 9.17) is 9.47 Å². The number of nitrogens with one attached hydrogen (secondary N) is 1. The number of methoxy groups -OCH3 is 1. The first-order chi connectivity index (χ1) is 14.1. The largest absolute Gasteiger partial charge is 0.478 e. The Morgan fingerprint density at radius 2 is 1.87 bits per heavy atom. The second-order valence-corrected chi connectivity index (χ2v) is 6.63. The van der Waals surface area contributed by atoms with Crippen LogP contribution in [0.5, 0.6) is 11.6 Å². The number of nitrogens with zero attached hydrogens (tertiary/aromatic N) is 1. The van der Waals surface area contributed by atoms with Crippen molar-refractivity contribution in [1.29, 1.82) is 0 Å². The third-order valence-corrected chi connectivity index (χ3v) is 4.55. The lowest BCUT2D eigenvalue weighted by molar-refractivity contribution is -0.137. The number of ether oxygens (including phenoxy) is 2. The molecule has 30 heavy (non-hydrogen) atoms. The molecule has 1 N–H and O–H groups in total. The number of benzene rings is 2. The normalized spacial score (nSPS) is 11.4. The highest BCUT2D eigenvalue weighted by atomic mass is 19.4. The second-order valence-electron chi connectivity index (χ2n) is 6.63. The molecule has 1 amide bonds. The highest BCUT2D eigenvalue weighted by Gasteiger charge is 2.31. The van der Waals surface area contributed by atoms with Crippen molar-refractivity contribution >= 4 is 17.0 Å². The standard InChI is InChI=1S/C21H18F4N2O3/c1-11-4-5-13(8-16(11)22)10-26-20(28)30-18-12(2)15-7-6-14(21(23,24)25)9-17(15)27-19(18)29-3/h4-9H,10H2,1-3H3,(H,26,28). The van der Waals surface area contributed by atoms with Crippen molar-refractivity contribution in [2.45, 2.75) is 26.6 Å². The molecule has 0 spiro atoms. The summed E-state index contributed by atoms with van der Waals surface area (Å²) in [5.41, 5.74) is 0.623. The zero-order chi connectivity index (χ0) is 22.1. The third-order valence-electron chi connectivity index (χ3n) is 4.55. The molecule has 0 aliphatic heterocycles. The van der Waals surface area contributed by atoms with Gasteiger partial charge in [-0.15, -0.1) is 0 Å². The van der Waals surface area contributed by atoms with Crippen LogP contribution in [-0.2, 0) is 12.7 Å². The molecule has 3 aromatic rings. The molecule has 3 rings (SSSR count). The predicted molar refractivity (Wildman–Crippen MR) is 102 cm³/mol. The Labute approximate surface area is 169 Å². The molecule has 0 aliphatic carbocycles. The molecule has 0 saturated carbocycles. The molecule has 1 heterocycles. The number of fused-ring (bicyclic) bond motifs is 1. The Balaban J connectivity index is 1.84. The summed E-state index contributed by atoms with van der Waals surface area (Å²) in [6.07, 6.45) is -5.35. The van der Waals surface area contributed by atoms with Crippen molar-refractivity contribution in [3.8, 4) is 11.6 Å². The van der Waals surface area contributed by atoms with Gasteiger partial charge in [-0.05, 0) is 43.2 Å². The maximum atomic E-state index is 13.6. The van der Waals surface area contributed by atoms with Gasteiger partial charge in [0.05, 0.1) is 18.2 Å². The van der Waals surface area contributed by atoms with Gasteiger partial charge in [-0.3, -0.25) is 0 Å². The van der Waals surface area contributed by atoms with Crippen molar-refractivity contribution in [2.75, 3.05) is 7.11 Å². The molecule has 158 valence electrons. The number of aryl methyl sites for hydroxylation is 2. The topological polar surface area (TPSA) is 60.5 Å². The van der Waals surface area contributed by atoms with Crippen molar-refractivity contribution < 1.29 is 31.8 Å². The van der Waals surface area contributed by atoms with Crippen LogP contribution in [0.2, 0.25) is 0 Å². The number of amides is 1. The van der Waals surface area contributed by atoms with Gasteiger partial charge in [-0.1, -0.05) is 18.2 Å². The number of pyridine rings is 1. The molecular formula is C21H18F4N2O3. The second kappa shape index (κ2) is 8.17. The molecule has 0 fully saturated rings. The first-order valence-electron chi connectivity index (χ1n) is 8.86. The summed E-state index contributed by atoms with van der Waals surface area (Å²) in [6.45, 7) is 3.23. The van der Waals surface area contributed by atoms with Crippen molar-refractivity contribution in [2.24, 2.45) is 0 Å². The van der Waals surface area contributed by atoms with Crippen molar-refractivity contribution in [1.82, 2.24) is 10.3 Å². The Hall–Kier alpha value is -3.36. The molecule has 0 saturated heterocycles. The molecule has 0 bridgehead atoms. The Morgan fingerprint density at radius 1 is 1.13 bits per heavy atom. The van der Waals surface area contributed by atoms with Gasteiger partial charge >= 0.3 is 12.3 Å². The number of rotatable bonds is 4. The van der Waals surface area contributed by atoms with Gasteiger partial charge in [-0.2, -0.15) is 13.2 Å². The molecular weight excluding hydrogens is 404 g/mol. The van der Waals surface area contributed by atoms with Crippen molar-refractivity contribution in [3.63, 3.8) is 0 Å². The minimum atomic E-state index is -4.51. The van der Waals surface area contributed by atoms with Gasteiger partial charge in [0.2, 0.25) is 0 Å². The van der Waals surface area contributed by atoms with E-state index >= 15 is 0 Å². The third kappa shape index (κ3) is 4.45. The van der Waals surface area contributed by atoms with Crippen molar-refractivity contribution in [3.05, 3.63) is 64.5 Å². The van der Waals surface area contributed by atoms with Gasteiger partial charge in [0, 0.05) is 17.5 Å². The SMILES string of the molecule is COc1nc2cc(C(F)(F)F)ccc2c(C)c1OC(=O)NCc1ccc(C)c(F)c1. The summed E-state index contributed by atoms with van der Waals surface area (Å²) in [7, 11) is 1.26. The summed E-state index contributed by atoms with van der Waals surface area (Å²) in [5.74, 6) is -0.537. The van der Waals surface area contributed by atoms with E-state index in [2.05, 4.69) is 10.3 Å². The van der Waals surface area contributed by atoms with Crippen LogP contribution in [0.25, 0.3) is 10.9 Å². The Kier molecular flexibility index (Phi) is 5.82. The number of halogens is 4. The first-order valence-corrected chi connectivity index (χ1v) is 8.86. The lowest BCUT2D eigenvalue weighted by Gasteiger charge is -2.15. The van der Waals surface area contributed by atoms with Crippen LogP contribution in [0.4, 0.5) is 22.4 Å². The Morgan fingerprint density at radius 3 is 2.50 bits per heavy atom. The van der Waals surface area contributed by atoms with E-state index in [1.54, 1.807) is 26.0 Å². The number of hydrogen-bond donors (Lipinski definition) is 1. The number of carbonyl (C=O) groups excluding carboxylic acids is 1. The van der Waals surface area contributed by atoms with E-state index in [-0.39, 0.29) is 23.7 Å². The number of carbonyl (C=O) groups is 1. The monoisotopic (exact) mass is 422 g/mol. The number of alkyl halides is 3. The van der Waals surface area contributed by atoms with Gasteiger partial charge in [0.25, 0.3) is 5.88 Å². The summed E-state index contributed by atoms with van der Waals surface area (Å²) in [5, 5.41) is 2.87. The van der Waals surface area contributed by atoms with Gasteiger partial charge in [-0.25, -0.2) is 14.2 Å². The van der Waals surface area contributed by atoms with Gasteiger partial charge in [0.15, 0.2) is 5.75 Å². The fourth-order valence-corrected chi connectivity index (χ4v) is 2.87. The van der Waals surface area contributed by atoms with Gasteiger partial charge in [0.1, 0.15) is 5.82 Å². The summed E-state index contributed by atoms with van der Waals surface area (Å²) in [4.78, 5) is 16.3.